The molecule has 3 aromatic carbocycles. The van der Waals surface area contributed by atoms with E-state index in [0.29, 0.717) is 34.1 Å². The highest BCUT2D eigenvalue weighted by molar-refractivity contribution is 6.30. The van der Waals surface area contributed by atoms with Crippen LogP contribution in [0.4, 0.5) is 0 Å². The molecule has 0 amide bonds. The Hall–Kier alpha value is -3.62. The van der Waals surface area contributed by atoms with Crippen molar-refractivity contribution in [3.05, 3.63) is 94.0 Å². The molecule has 0 saturated heterocycles. The van der Waals surface area contributed by atoms with Gasteiger partial charge in [0, 0.05) is 17.0 Å². The lowest BCUT2D eigenvalue weighted by Gasteiger charge is -2.09. The van der Waals surface area contributed by atoms with Crippen molar-refractivity contribution < 1.29 is 19.4 Å². The number of ether oxygens (including phenoxy) is 1. The third-order valence-corrected chi connectivity index (χ3v) is 4.96. The van der Waals surface area contributed by atoms with E-state index in [-0.39, 0.29) is 17.8 Å². The molecule has 0 bridgehead atoms. The number of carbonyl (C=O) groups is 2. The first-order valence-corrected chi connectivity index (χ1v) is 10.1. The molecule has 0 heterocycles. The Morgan fingerprint density at radius 1 is 0.968 bits per heavy atom. The van der Waals surface area contributed by atoms with E-state index in [0.717, 1.165) is 18.4 Å². The highest BCUT2D eigenvalue weighted by Crippen LogP contribution is 2.27. The molecule has 0 spiro atoms. The first kappa shape index (κ1) is 22.1. The highest BCUT2D eigenvalue weighted by Gasteiger charge is 2.10. The van der Waals surface area contributed by atoms with Crippen LogP contribution in [0.15, 0.2) is 66.7 Å². The van der Waals surface area contributed by atoms with Gasteiger partial charge in [-0.1, -0.05) is 29.8 Å². The number of carboxylic acids is 1. The predicted octanol–water partition coefficient (Wildman–Crippen LogP) is 5.84. The molecule has 5 nitrogen and oxygen atoms in total. The monoisotopic (exact) mass is 433 g/mol. The zero-order valence-electron chi connectivity index (χ0n) is 16.7. The fourth-order valence-electron chi connectivity index (χ4n) is 3.12. The summed E-state index contributed by atoms with van der Waals surface area (Å²) in [5, 5.41) is 18.9. The molecule has 3 rings (SSSR count). The van der Waals surface area contributed by atoms with Crippen molar-refractivity contribution in [2.75, 3.05) is 0 Å². The summed E-state index contributed by atoms with van der Waals surface area (Å²) in [6, 6.07) is 21.1. The average Bonchev–Trinajstić information content (AvgIpc) is 2.76. The molecule has 0 atom stereocenters. The van der Waals surface area contributed by atoms with Gasteiger partial charge in [-0.3, -0.25) is 9.59 Å². The van der Waals surface area contributed by atoms with E-state index in [9.17, 15) is 14.9 Å². The quantitative estimate of drug-likeness (QED) is 0.428. The van der Waals surface area contributed by atoms with Crippen LogP contribution in [-0.2, 0) is 17.6 Å². The van der Waals surface area contributed by atoms with E-state index >= 15 is 0 Å². The minimum absolute atomic E-state index is 0.0521. The molecule has 156 valence electrons. The normalized spacial score (nSPS) is 10.3. The van der Waals surface area contributed by atoms with Crippen molar-refractivity contribution in [2.45, 2.75) is 25.7 Å². The van der Waals surface area contributed by atoms with E-state index in [4.69, 9.17) is 21.4 Å². The van der Waals surface area contributed by atoms with E-state index in [1.54, 1.807) is 36.4 Å². The van der Waals surface area contributed by atoms with Crippen LogP contribution in [0.5, 0.6) is 11.5 Å². The number of aliphatic carboxylic acids is 1. The van der Waals surface area contributed by atoms with Crippen molar-refractivity contribution >= 4 is 23.4 Å². The summed E-state index contributed by atoms with van der Waals surface area (Å²) >= 11 is 5.88. The SMILES string of the molecule is N#Cc1cc(CC(=O)O)ccc1Oc1ccc(C(=O)CCCc2ccc(Cl)cc2)cc1. The van der Waals surface area contributed by atoms with Crippen LogP contribution in [0.2, 0.25) is 5.02 Å². The van der Waals surface area contributed by atoms with Gasteiger partial charge in [-0.25, -0.2) is 0 Å². The lowest BCUT2D eigenvalue weighted by molar-refractivity contribution is -0.136. The van der Waals surface area contributed by atoms with Crippen LogP contribution in [-0.4, -0.2) is 16.9 Å². The first-order valence-electron chi connectivity index (χ1n) is 9.75. The van der Waals surface area contributed by atoms with Crippen LogP contribution in [0, 0.1) is 11.3 Å². The second-order valence-corrected chi connectivity index (χ2v) is 7.48. The minimum atomic E-state index is -0.967. The van der Waals surface area contributed by atoms with Gasteiger partial charge in [0.1, 0.15) is 17.6 Å². The second kappa shape index (κ2) is 10.4. The van der Waals surface area contributed by atoms with Crippen LogP contribution in [0.3, 0.4) is 0 Å². The number of halogens is 1. The van der Waals surface area contributed by atoms with Gasteiger partial charge in [-0.2, -0.15) is 5.26 Å². The Balaban J connectivity index is 1.58. The molecule has 0 aromatic heterocycles. The number of carboxylic acid groups (broad SMARTS) is 1. The van der Waals surface area contributed by atoms with Gasteiger partial charge < -0.3 is 9.84 Å². The molecule has 0 aliphatic heterocycles. The number of aryl methyl sites for hydroxylation is 1. The van der Waals surface area contributed by atoms with E-state index in [1.807, 2.05) is 30.3 Å². The van der Waals surface area contributed by atoms with Crippen LogP contribution in [0.25, 0.3) is 0 Å². The molecule has 0 aliphatic carbocycles. The Labute approximate surface area is 185 Å². The molecule has 1 N–H and O–H groups in total. The van der Waals surface area contributed by atoms with Gasteiger partial charge in [0.15, 0.2) is 5.78 Å². The number of hydrogen-bond acceptors (Lipinski definition) is 4. The van der Waals surface area contributed by atoms with Gasteiger partial charge in [-0.05, 0) is 72.5 Å². The highest BCUT2D eigenvalue weighted by atomic mass is 35.5. The maximum atomic E-state index is 12.4. The maximum Gasteiger partial charge on any atom is 0.307 e. The number of carbonyl (C=O) groups excluding carboxylic acids is 1. The molecular weight excluding hydrogens is 414 g/mol. The molecule has 0 radical (unpaired) electrons. The third kappa shape index (κ3) is 6.43. The summed E-state index contributed by atoms with van der Waals surface area (Å²) < 4.78 is 5.75. The second-order valence-electron chi connectivity index (χ2n) is 7.04. The van der Waals surface area contributed by atoms with E-state index in [1.165, 1.54) is 6.07 Å². The fraction of sp³-hybridized carbons (Fsp3) is 0.160. The lowest BCUT2D eigenvalue weighted by atomic mass is 10.0. The summed E-state index contributed by atoms with van der Waals surface area (Å²) in [6.07, 6.45) is 1.82. The van der Waals surface area contributed by atoms with Crippen LogP contribution in [0.1, 0.15) is 39.9 Å². The summed E-state index contributed by atoms with van der Waals surface area (Å²) in [4.78, 5) is 23.3. The fourth-order valence-corrected chi connectivity index (χ4v) is 3.25. The molecule has 0 aliphatic rings. The van der Waals surface area contributed by atoms with Gasteiger partial charge in [0.25, 0.3) is 0 Å². The molecular formula is C25H20ClNO4. The maximum absolute atomic E-state index is 12.4. The molecule has 0 unspecified atom stereocenters. The zero-order valence-corrected chi connectivity index (χ0v) is 17.4. The van der Waals surface area contributed by atoms with Crippen LogP contribution < -0.4 is 4.74 Å². The Bertz CT molecular complexity index is 1120. The predicted molar refractivity (Wildman–Crippen MR) is 118 cm³/mol. The summed E-state index contributed by atoms with van der Waals surface area (Å²) in [5.74, 6) is -0.0962. The molecule has 3 aromatic rings. The van der Waals surface area contributed by atoms with Gasteiger partial charge in [-0.15, -0.1) is 0 Å². The van der Waals surface area contributed by atoms with Gasteiger partial charge >= 0.3 is 5.97 Å². The summed E-state index contributed by atoms with van der Waals surface area (Å²) in [7, 11) is 0. The average molecular weight is 434 g/mol. The lowest BCUT2D eigenvalue weighted by Crippen LogP contribution is -2.01. The number of rotatable bonds is 9. The smallest absolute Gasteiger partial charge is 0.307 e. The van der Waals surface area contributed by atoms with E-state index in [2.05, 4.69) is 0 Å². The standard InChI is InChI=1S/C25H20ClNO4/c26-21-9-4-17(5-10-21)2-1-3-23(28)19-7-11-22(12-8-19)31-24-13-6-18(15-25(29)30)14-20(24)16-27/h4-14H,1-3,15H2,(H,29,30). The summed E-state index contributed by atoms with van der Waals surface area (Å²) in [5.41, 5.74) is 2.52. The van der Waals surface area contributed by atoms with Crippen molar-refractivity contribution in [1.29, 1.82) is 5.26 Å². The summed E-state index contributed by atoms with van der Waals surface area (Å²) in [6.45, 7) is 0. The number of benzene rings is 3. The number of Topliss-reactive ketones (excluding diaryl/α,β-unsaturated/α-hetero) is 1. The molecule has 0 saturated carbocycles. The number of nitrogens with zero attached hydrogens (tertiary/aromatic N) is 1. The van der Waals surface area contributed by atoms with Crippen molar-refractivity contribution in [3.63, 3.8) is 0 Å². The zero-order chi connectivity index (χ0) is 22.2. The van der Waals surface area contributed by atoms with Crippen molar-refractivity contribution in [3.8, 4) is 17.6 Å². The van der Waals surface area contributed by atoms with Crippen molar-refractivity contribution in [2.24, 2.45) is 0 Å². The number of ketones is 1. The topological polar surface area (TPSA) is 87.4 Å². The number of hydrogen-bond donors (Lipinski definition) is 1. The van der Waals surface area contributed by atoms with Crippen molar-refractivity contribution in [1.82, 2.24) is 0 Å². The molecule has 6 heteroatoms. The Morgan fingerprint density at radius 3 is 2.29 bits per heavy atom. The Kier molecular flexibility index (Phi) is 7.42. The largest absolute Gasteiger partial charge is 0.481 e. The molecule has 0 fully saturated rings. The molecule has 31 heavy (non-hydrogen) atoms. The van der Waals surface area contributed by atoms with Gasteiger partial charge in [0.2, 0.25) is 0 Å². The first-order chi connectivity index (χ1) is 14.9. The third-order valence-electron chi connectivity index (χ3n) is 4.71. The minimum Gasteiger partial charge on any atom is -0.481 e. The van der Waals surface area contributed by atoms with Crippen LogP contribution >= 0.6 is 11.6 Å². The Morgan fingerprint density at radius 2 is 1.65 bits per heavy atom. The number of nitriles is 1. The van der Waals surface area contributed by atoms with Gasteiger partial charge in [0.05, 0.1) is 12.0 Å². The van der Waals surface area contributed by atoms with E-state index < -0.39 is 5.97 Å².